The molecule has 22 heavy (non-hydrogen) atoms. The fraction of sp³-hybridized carbons (Fsp3) is 0.429. The lowest BCUT2D eigenvalue weighted by Gasteiger charge is -2.17. The summed E-state index contributed by atoms with van der Waals surface area (Å²) in [6, 6.07) is 0. The number of allylic oxidation sites excluding steroid dienone is 1. The summed E-state index contributed by atoms with van der Waals surface area (Å²) >= 11 is 0. The highest BCUT2D eigenvalue weighted by atomic mass is 16.6. The molecule has 1 rings (SSSR count). The van der Waals surface area contributed by atoms with Crippen molar-refractivity contribution in [3.05, 3.63) is 11.9 Å². The van der Waals surface area contributed by atoms with Crippen LogP contribution < -0.4 is 0 Å². The molecule has 0 radical (unpaired) electrons. The van der Waals surface area contributed by atoms with Crippen LogP contribution in [0.15, 0.2) is 16.1 Å². The Morgan fingerprint density at radius 3 is 2.64 bits per heavy atom. The van der Waals surface area contributed by atoms with Crippen LogP contribution in [0, 0.1) is 19.3 Å². The van der Waals surface area contributed by atoms with E-state index in [0.29, 0.717) is 11.5 Å². The van der Waals surface area contributed by atoms with Gasteiger partial charge in [-0.1, -0.05) is 5.92 Å². The van der Waals surface area contributed by atoms with E-state index in [2.05, 4.69) is 31.3 Å². The van der Waals surface area contributed by atoms with Crippen LogP contribution >= 0.6 is 0 Å². The number of tetrazole rings is 1. The lowest BCUT2D eigenvalue weighted by atomic mass is 10.2. The number of hydrogen-bond acceptors (Lipinski definition) is 6. The van der Waals surface area contributed by atoms with Crippen LogP contribution in [0.3, 0.4) is 0 Å². The Balaban J connectivity index is 2.86. The third-order valence-electron chi connectivity index (χ3n) is 1.98. The maximum absolute atomic E-state index is 11.6. The third kappa shape index (κ3) is 6.09. The summed E-state index contributed by atoms with van der Waals surface area (Å²) in [5.41, 5.74) is -0.247. The van der Waals surface area contributed by atoms with Crippen molar-refractivity contribution in [3.63, 3.8) is 0 Å². The van der Waals surface area contributed by atoms with Crippen LogP contribution in [-0.2, 0) is 4.74 Å². The highest BCUT2D eigenvalue weighted by Crippen LogP contribution is 2.08. The molecule has 0 spiro atoms. The van der Waals surface area contributed by atoms with E-state index in [0.717, 1.165) is 0 Å². The van der Waals surface area contributed by atoms with E-state index >= 15 is 0 Å². The minimum absolute atomic E-state index is 0.279. The zero-order valence-corrected chi connectivity index (χ0v) is 13.2. The van der Waals surface area contributed by atoms with Gasteiger partial charge in [0.2, 0.25) is 0 Å². The normalized spacial score (nSPS) is 13.3. The predicted molar refractivity (Wildman–Crippen MR) is 83.5 cm³/mol. The van der Waals surface area contributed by atoms with Crippen LogP contribution in [0.1, 0.15) is 33.5 Å². The van der Waals surface area contributed by atoms with Gasteiger partial charge in [0.15, 0.2) is 11.6 Å². The van der Waals surface area contributed by atoms with Gasteiger partial charge in [-0.3, -0.25) is 0 Å². The first kappa shape index (κ1) is 17.2. The van der Waals surface area contributed by atoms with Gasteiger partial charge in [-0.05, 0) is 39.8 Å². The van der Waals surface area contributed by atoms with Gasteiger partial charge in [0.1, 0.15) is 5.60 Å². The maximum atomic E-state index is 11.6. The zero-order valence-electron chi connectivity index (χ0n) is 13.2. The Hall–Kier alpha value is -2.82. The van der Waals surface area contributed by atoms with Crippen molar-refractivity contribution in [1.29, 1.82) is 0 Å². The first-order valence-corrected chi connectivity index (χ1v) is 6.47. The molecule has 0 aromatic carbocycles. The summed E-state index contributed by atoms with van der Waals surface area (Å²) in [5, 5.41) is 11.5. The summed E-state index contributed by atoms with van der Waals surface area (Å²) in [7, 11) is 0. The summed E-state index contributed by atoms with van der Waals surface area (Å²) in [6.45, 7) is 8.58. The quantitative estimate of drug-likeness (QED) is 0.627. The lowest BCUT2D eigenvalue weighted by molar-refractivity contribution is 0.0604. The van der Waals surface area contributed by atoms with Crippen molar-refractivity contribution < 1.29 is 9.53 Å². The predicted octanol–water partition coefficient (Wildman–Crippen LogP) is 1.88. The summed E-state index contributed by atoms with van der Waals surface area (Å²) in [4.78, 5) is 20.6. The number of aryl methyl sites for hydroxylation is 1. The highest BCUT2D eigenvalue weighted by molar-refractivity contribution is 6.31. The van der Waals surface area contributed by atoms with Crippen molar-refractivity contribution in [2.24, 2.45) is 9.98 Å². The van der Waals surface area contributed by atoms with Crippen molar-refractivity contribution in [1.82, 2.24) is 20.2 Å². The Bertz CT molecular complexity index is 670. The van der Waals surface area contributed by atoms with Gasteiger partial charge < -0.3 is 4.74 Å². The SMILES string of the molecule is C#C/C=C(\N=CC(C)=NC(=O)OC(C)(C)C)n1nnc(C)n1. The van der Waals surface area contributed by atoms with Gasteiger partial charge in [0.05, 0.1) is 11.9 Å². The number of terminal acetylenes is 1. The molecule has 8 heteroatoms. The molecule has 0 N–H and O–H groups in total. The molecule has 0 saturated heterocycles. The van der Waals surface area contributed by atoms with Crippen LogP contribution in [0.2, 0.25) is 0 Å². The number of rotatable bonds is 3. The largest absolute Gasteiger partial charge is 0.442 e. The second-order valence-electron chi connectivity index (χ2n) is 5.29. The molecule has 8 nitrogen and oxygen atoms in total. The van der Waals surface area contributed by atoms with Gasteiger partial charge >= 0.3 is 6.09 Å². The molecule has 0 saturated carbocycles. The van der Waals surface area contributed by atoms with E-state index in [9.17, 15) is 4.79 Å². The topological polar surface area (TPSA) is 94.6 Å². The molecule has 1 amide bonds. The van der Waals surface area contributed by atoms with E-state index in [-0.39, 0.29) is 5.82 Å². The second kappa shape index (κ2) is 7.26. The van der Waals surface area contributed by atoms with Crippen molar-refractivity contribution >= 4 is 23.8 Å². The summed E-state index contributed by atoms with van der Waals surface area (Å²) < 4.78 is 5.08. The van der Waals surface area contributed by atoms with E-state index in [4.69, 9.17) is 11.2 Å². The molecular formula is C14H18N6O2. The molecule has 116 valence electrons. The molecule has 1 aromatic heterocycles. The van der Waals surface area contributed by atoms with Crippen molar-refractivity contribution in [2.45, 2.75) is 40.2 Å². The molecule has 0 atom stereocenters. The number of carbonyl (C=O) groups is 1. The zero-order chi connectivity index (χ0) is 16.8. The smallest absolute Gasteiger partial charge is 0.434 e. The van der Waals surface area contributed by atoms with E-state index in [1.807, 2.05) is 0 Å². The molecule has 0 unspecified atom stereocenters. The first-order valence-electron chi connectivity index (χ1n) is 6.47. The van der Waals surface area contributed by atoms with Crippen LogP contribution in [-0.4, -0.2) is 43.8 Å². The average molecular weight is 302 g/mol. The van der Waals surface area contributed by atoms with Gasteiger partial charge in [-0.2, -0.15) is 4.99 Å². The number of hydrogen-bond donors (Lipinski definition) is 0. The standard InChI is InChI=1S/C14H18N6O2/c1-7-8-12(20-18-11(3)17-19-20)15-9-10(2)16-13(21)22-14(4,5)6/h1,8-9H,2-6H3/b12-8+,15-9?,16-10?. The Kier molecular flexibility index (Phi) is 5.69. The Morgan fingerprint density at radius 2 is 2.14 bits per heavy atom. The van der Waals surface area contributed by atoms with Crippen molar-refractivity contribution in [3.8, 4) is 12.3 Å². The van der Waals surface area contributed by atoms with Gasteiger partial charge in [0, 0.05) is 6.08 Å². The number of carbonyl (C=O) groups excluding carboxylic acids is 1. The second-order valence-corrected chi connectivity index (χ2v) is 5.29. The Morgan fingerprint density at radius 1 is 1.45 bits per heavy atom. The molecule has 0 aliphatic rings. The molecule has 0 bridgehead atoms. The molecule has 0 aliphatic carbocycles. The molecule has 1 aromatic rings. The van der Waals surface area contributed by atoms with E-state index < -0.39 is 11.7 Å². The molecular weight excluding hydrogens is 284 g/mol. The first-order chi connectivity index (χ1) is 10.2. The summed E-state index contributed by atoms with van der Waals surface area (Å²) in [6.07, 6.45) is 7.29. The van der Waals surface area contributed by atoms with Gasteiger partial charge in [-0.15, -0.1) is 21.4 Å². The number of aliphatic imine (C=N–C) groups is 2. The fourth-order valence-corrected chi connectivity index (χ4v) is 1.22. The fourth-order valence-electron chi connectivity index (χ4n) is 1.22. The average Bonchev–Trinajstić information content (AvgIpc) is 2.78. The number of amides is 1. The minimum Gasteiger partial charge on any atom is -0.442 e. The number of nitrogens with zero attached hydrogens (tertiary/aromatic N) is 6. The number of aromatic nitrogens is 4. The maximum Gasteiger partial charge on any atom is 0.434 e. The third-order valence-corrected chi connectivity index (χ3v) is 1.98. The minimum atomic E-state index is -0.686. The molecule has 0 fully saturated rings. The van der Waals surface area contributed by atoms with E-state index in [1.165, 1.54) is 17.1 Å². The highest BCUT2D eigenvalue weighted by Gasteiger charge is 2.15. The molecule has 0 aliphatic heterocycles. The summed E-state index contributed by atoms with van der Waals surface area (Å²) in [5.74, 6) is 3.10. The monoisotopic (exact) mass is 302 g/mol. The van der Waals surface area contributed by atoms with Crippen LogP contribution in [0.25, 0.3) is 5.82 Å². The van der Waals surface area contributed by atoms with Crippen LogP contribution in [0.5, 0.6) is 0 Å². The van der Waals surface area contributed by atoms with Crippen LogP contribution in [0.4, 0.5) is 4.79 Å². The van der Waals surface area contributed by atoms with Gasteiger partial charge in [-0.25, -0.2) is 9.79 Å². The van der Waals surface area contributed by atoms with E-state index in [1.54, 1.807) is 34.6 Å². The molecule has 1 heterocycles. The Labute approximate surface area is 129 Å². The van der Waals surface area contributed by atoms with Crippen molar-refractivity contribution in [2.75, 3.05) is 0 Å². The number of ether oxygens (including phenoxy) is 1. The van der Waals surface area contributed by atoms with Gasteiger partial charge in [0.25, 0.3) is 0 Å². The lowest BCUT2D eigenvalue weighted by Crippen LogP contribution is -2.22.